The van der Waals surface area contributed by atoms with Crippen LogP contribution in [0.3, 0.4) is 0 Å². The SMILES string of the molecule is CC1=CCCC(C)=C1NC(=O)c1cnc(Nc2cc(N3CCN(CCO)CC3)nc(C)n2)s1. The van der Waals surface area contributed by atoms with Crippen molar-refractivity contribution in [3.05, 3.63) is 45.9 Å². The van der Waals surface area contributed by atoms with Crippen LogP contribution in [0.4, 0.5) is 16.8 Å². The first-order valence-corrected chi connectivity index (χ1v) is 12.1. The summed E-state index contributed by atoms with van der Waals surface area (Å²) in [6.07, 6.45) is 5.73. The van der Waals surface area contributed by atoms with Gasteiger partial charge in [-0.1, -0.05) is 17.4 Å². The molecule has 33 heavy (non-hydrogen) atoms. The number of hydrogen-bond acceptors (Lipinski definition) is 9. The summed E-state index contributed by atoms with van der Waals surface area (Å²) in [5.74, 6) is 2.04. The first kappa shape index (κ1) is 23.3. The second-order valence-corrected chi connectivity index (χ2v) is 9.43. The minimum atomic E-state index is -0.148. The lowest BCUT2D eigenvalue weighted by molar-refractivity contribution is 0.0969. The Morgan fingerprint density at radius 3 is 2.70 bits per heavy atom. The lowest BCUT2D eigenvalue weighted by Crippen LogP contribution is -2.47. The van der Waals surface area contributed by atoms with Gasteiger partial charge in [0.05, 0.1) is 12.8 Å². The Morgan fingerprint density at radius 1 is 1.18 bits per heavy atom. The molecule has 2 aromatic heterocycles. The molecule has 4 rings (SSSR count). The van der Waals surface area contributed by atoms with Crippen LogP contribution in [0.5, 0.6) is 0 Å². The average Bonchev–Trinajstić information content (AvgIpc) is 3.25. The van der Waals surface area contributed by atoms with Gasteiger partial charge in [0.2, 0.25) is 0 Å². The average molecular weight is 470 g/mol. The molecule has 2 aromatic rings. The van der Waals surface area contributed by atoms with Gasteiger partial charge in [0, 0.05) is 44.5 Å². The number of nitrogens with zero attached hydrogens (tertiary/aromatic N) is 5. The number of thiazole rings is 1. The van der Waals surface area contributed by atoms with Crippen LogP contribution < -0.4 is 15.5 Å². The number of hydrogen-bond donors (Lipinski definition) is 3. The summed E-state index contributed by atoms with van der Waals surface area (Å²) in [5.41, 5.74) is 3.23. The fourth-order valence-corrected chi connectivity index (χ4v) is 4.83. The number of carbonyl (C=O) groups is 1. The van der Waals surface area contributed by atoms with E-state index in [4.69, 9.17) is 5.11 Å². The first-order valence-electron chi connectivity index (χ1n) is 11.3. The molecule has 3 N–H and O–H groups in total. The van der Waals surface area contributed by atoms with Gasteiger partial charge in [-0.25, -0.2) is 15.0 Å². The van der Waals surface area contributed by atoms with Crippen LogP contribution >= 0.6 is 11.3 Å². The predicted molar refractivity (Wildman–Crippen MR) is 131 cm³/mol. The summed E-state index contributed by atoms with van der Waals surface area (Å²) in [4.78, 5) is 31.3. The maximum absolute atomic E-state index is 12.8. The number of aryl methyl sites for hydroxylation is 1. The molecule has 1 fully saturated rings. The zero-order valence-electron chi connectivity index (χ0n) is 19.4. The zero-order valence-corrected chi connectivity index (χ0v) is 20.2. The van der Waals surface area contributed by atoms with Crippen molar-refractivity contribution in [2.75, 3.05) is 49.5 Å². The van der Waals surface area contributed by atoms with Crippen LogP contribution in [0.1, 0.15) is 42.2 Å². The molecule has 1 amide bonds. The number of β-amino-alcohol motifs (C(OH)–C–C–N with tert-alkyl or cyclic N) is 1. The Kier molecular flexibility index (Phi) is 7.36. The second-order valence-electron chi connectivity index (χ2n) is 8.40. The van der Waals surface area contributed by atoms with Crippen molar-refractivity contribution < 1.29 is 9.90 Å². The second kappa shape index (κ2) is 10.4. The Labute approximate surface area is 198 Å². The number of allylic oxidation sites excluding steroid dienone is 3. The van der Waals surface area contributed by atoms with Crippen LogP contribution in [0.2, 0.25) is 0 Å². The van der Waals surface area contributed by atoms with Crippen LogP contribution in [-0.4, -0.2) is 70.2 Å². The van der Waals surface area contributed by atoms with Crippen molar-refractivity contribution in [1.29, 1.82) is 0 Å². The van der Waals surface area contributed by atoms with E-state index in [1.54, 1.807) is 6.20 Å². The molecule has 1 aliphatic heterocycles. The zero-order chi connectivity index (χ0) is 23.4. The number of aromatic nitrogens is 3. The molecule has 10 heteroatoms. The molecule has 0 saturated carbocycles. The highest BCUT2D eigenvalue weighted by Gasteiger charge is 2.20. The molecule has 1 aliphatic carbocycles. The van der Waals surface area contributed by atoms with Crippen molar-refractivity contribution in [2.24, 2.45) is 0 Å². The quantitative estimate of drug-likeness (QED) is 0.568. The summed E-state index contributed by atoms with van der Waals surface area (Å²) in [6.45, 7) is 10.3. The molecule has 3 heterocycles. The number of aliphatic hydroxyl groups is 1. The monoisotopic (exact) mass is 469 g/mol. The number of anilines is 3. The number of amides is 1. The molecule has 176 valence electrons. The number of carbonyl (C=O) groups excluding carboxylic acids is 1. The Bertz CT molecular complexity index is 1070. The molecule has 0 unspecified atom stereocenters. The highest BCUT2D eigenvalue weighted by molar-refractivity contribution is 7.17. The van der Waals surface area contributed by atoms with E-state index < -0.39 is 0 Å². The van der Waals surface area contributed by atoms with Crippen molar-refractivity contribution in [2.45, 2.75) is 33.6 Å². The van der Waals surface area contributed by atoms with E-state index in [2.05, 4.69) is 48.4 Å². The number of aliphatic hydroxyl groups excluding tert-OH is 1. The lowest BCUT2D eigenvalue weighted by atomic mass is 9.98. The molecule has 0 aromatic carbocycles. The van der Waals surface area contributed by atoms with Gasteiger partial charge in [-0.05, 0) is 44.8 Å². The Hall–Kier alpha value is -2.82. The maximum Gasteiger partial charge on any atom is 0.267 e. The first-order chi connectivity index (χ1) is 15.9. The van der Waals surface area contributed by atoms with Crippen molar-refractivity contribution in [3.63, 3.8) is 0 Å². The van der Waals surface area contributed by atoms with E-state index in [9.17, 15) is 4.79 Å². The van der Waals surface area contributed by atoms with E-state index in [-0.39, 0.29) is 12.5 Å². The van der Waals surface area contributed by atoms with Crippen molar-refractivity contribution in [1.82, 2.24) is 25.2 Å². The highest BCUT2D eigenvalue weighted by atomic mass is 32.1. The third kappa shape index (κ3) is 5.76. The predicted octanol–water partition coefficient (Wildman–Crippen LogP) is 2.84. The third-order valence-corrected chi connectivity index (χ3v) is 6.84. The summed E-state index contributed by atoms with van der Waals surface area (Å²) >= 11 is 1.30. The molecule has 2 aliphatic rings. The summed E-state index contributed by atoms with van der Waals surface area (Å²) in [6, 6.07) is 1.92. The smallest absolute Gasteiger partial charge is 0.267 e. The van der Waals surface area contributed by atoms with Gasteiger partial charge >= 0.3 is 0 Å². The molecular weight excluding hydrogens is 438 g/mol. The van der Waals surface area contributed by atoms with Crippen LogP contribution in [0.25, 0.3) is 0 Å². The van der Waals surface area contributed by atoms with Crippen molar-refractivity contribution >= 4 is 34.0 Å². The summed E-state index contributed by atoms with van der Waals surface area (Å²) < 4.78 is 0. The van der Waals surface area contributed by atoms with Gasteiger partial charge in [0.1, 0.15) is 22.3 Å². The van der Waals surface area contributed by atoms with E-state index in [0.717, 1.165) is 56.1 Å². The van der Waals surface area contributed by atoms with Gasteiger partial charge in [-0.3, -0.25) is 9.69 Å². The Balaban J connectivity index is 1.42. The topological polar surface area (TPSA) is 107 Å². The van der Waals surface area contributed by atoms with Gasteiger partial charge in [0.15, 0.2) is 5.13 Å². The van der Waals surface area contributed by atoms with Gasteiger partial charge in [-0.15, -0.1) is 0 Å². The fourth-order valence-electron chi connectivity index (χ4n) is 4.12. The fraction of sp³-hybridized carbons (Fsp3) is 0.478. The molecule has 0 bridgehead atoms. The van der Waals surface area contributed by atoms with Gasteiger partial charge < -0.3 is 20.6 Å². The highest BCUT2D eigenvalue weighted by Crippen LogP contribution is 2.26. The number of piperazine rings is 1. The third-order valence-electron chi connectivity index (χ3n) is 5.93. The van der Waals surface area contributed by atoms with E-state index in [1.807, 2.05) is 19.9 Å². The van der Waals surface area contributed by atoms with Crippen LogP contribution in [0.15, 0.2) is 35.2 Å². The Morgan fingerprint density at radius 2 is 1.97 bits per heavy atom. The normalized spacial score (nSPS) is 17.2. The molecule has 9 nitrogen and oxygen atoms in total. The lowest BCUT2D eigenvalue weighted by Gasteiger charge is -2.35. The van der Waals surface area contributed by atoms with Gasteiger partial charge in [0.25, 0.3) is 5.91 Å². The number of rotatable bonds is 7. The molecule has 1 saturated heterocycles. The summed E-state index contributed by atoms with van der Waals surface area (Å²) in [7, 11) is 0. The van der Waals surface area contributed by atoms with Crippen LogP contribution in [-0.2, 0) is 0 Å². The molecular formula is C23H31N7O2S. The van der Waals surface area contributed by atoms with E-state index in [0.29, 0.717) is 28.2 Å². The van der Waals surface area contributed by atoms with E-state index in [1.165, 1.54) is 16.9 Å². The van der Waals surface area contributed by atoms with Crippen LogP contribution in [0, 0.1) is 6.92 Å². The minimum absolute atomic E-state index is 0.148. The largest absolute Gasteiger partial charge is 0.395 e. The standard InChI is InChI=1S/C23H31N7O2S/c1-15-5-4-6-16(2)21(15)28-22(32)18-14-24-23(33-18)27-19-13-20(26-17(3)25-19)30-9-7-29(8-10-30)11-12-31/h5,13-14,31H,4,6-12H2,1-3H3,(H,28,32)(H,24,25,26,27). The molecule has 0 atom stereocenters. The summed E-state index contributed by atoms with van der Waals surface area (Å²) in [5, 5.41) is 16.0. The van der Waals surface area contributed by atoms with Gasteiger partial charge in [-0.2, -0.15) is 0 Å². The maximum atomic E-state index is 12.8. The molecule has 0 radical (unpaired) electrons. The van der Waals surface area contributed by atoms with Crippen molar-refractivity contribution in [3.8, 4) is 0 Å². The minimum Gasteiger partial charge on any atom is -0.395 e. The van der Waals surface area contributed by atoms with E-state index >= 15 is 0 Å². The molecule has 0 spiro atoms. The number of nitrogens with one attached hydrogen (secondary N) is 2.